The van der Waals surface area contributed by atoms with Crippen LogP contribution in [0.4, 0.5) is 5.82 Å². The van der Waals surface area contributed by atoms with Crippen molar-refractivity contribution in [3.63, 3.8) is 0 Å². The Morgan fingerprint density at radius 1 is 1.03 bits per heavy atom. The number of imidazole rings is 1. The number of rotatable bonds is 8. The fourth-order valence-electron chi connectivity index (χ4n) is 4.49. The lowest BCUT2D eigenvalue weighted by Gasteiger charge is -2.34. The Labute approximate surface area is 207 Å². The molecule has 0 atom stereocenters. The standard InChI is InChI=1S/C27H33N7O/c1-4-32(5-2)26-8-6-7-25(30-26)27(35)33-15-13-31(14-16-33)20-24-18-29-21(3)34(24)19-23-11-9-22(17-28)10-12-23/h6-12,18H,4-5,13-16,19-20H2,1-3H3. The van der Waals surface area contributed by atoms with Crippen molar-refractivity contribution < 1.29 is 4.79 Å². The van der Waals surface area contributed by atoms with Gasteiger partial charge in [-0.15, -0.1) is 0 Å². The molecule has 8 heteroatoms. The molecule has 182 valence electrons. The molecule has 8 nitrogen and oxygen atoms in total. The third-order valence-electron chi connectivity index (χ3n) is 6.65. The van der Waals surface area contributed by atoms with Gasteiger partial charge in [0.15, 0.2) is 0 Å². The topological polar surface area (TPSA) is 81.3 Å². The average molecular weight is 472 g/mol. The summed E-state index contributed by atoms with van der Waals surface area (Å²) < 4.78 is 2.22. The van der Waals surface area contributed by atoms with Gasteiger partial charge in [-0.2, -0.15) is 5.26 Å². The van der Waals surface area contributed by atoms with E-state index in [1.54, 1.807) is 0 Å². The zero-order valence-electron chi connectivity index (χ0n) is 20.8. The van der Waals surface area contributed by atoms with E-state index in [0.717, 1.165) is 62.2 Å². The Hall–Kier alpha value is -3.70. The van der Waals surface area contributed by atoms with Gasteiger partial charge < -0.3 is 14.4 Å². The summed E-state index contributed by atoms with van der Waals surface area (Å²) in [6.07, 6.45) is 1.94. The van der Waals surface area contributed by atoms with Gasteiger partial charge in [-0.1, -0.05) is 18.2 Å². The van der Waals surface area contributed by atoms with Crippen molar-refractivity contribution in [2.75, 3.05) is 44.2 Å². The fraction of sp³-hybridized carbons (Fsp3) is 0.407. The molecule has 1 amide bonds. The van der Waals surface area contributed by atoms with E-state index in [1.165, 1.54) is 0 Å². The Morgan fingerprint density at radius 2 is 1.74 bits per heavy atom. The molecule has 4 rings (SSSR count). The predicted octanol–water partition coefficient (Wildman–Crippen LogP) is 3.31. The number of amides is 1. The van der Waals surface area contributed by atoms with Crippen LogP contribution >= 0.6 is 0 Å². The molecular formula is C27H33N7O. The van der Waals surface area contributed by atoms with Crippen molar-refractivity contribution in [2.45, 2.75) is 33.9 Å². The summed E-state index contributed by atoms with van der Waals surface area (Å²) >= 11 is 0. The first-order chi connectivity index (χ1) is 17.0. The van der Waals surface area contributed by atoms with Gasteiger partial charge in [0.05, 0.1) is 17.3 Å². The van der Waals surface area contributed by atoms with Crippen LogP contribution in [0.1, 0.15) is 47.0 Å². The molecule has 0 aliphatic carbocycles. The van der Waals surface area contributed by atoms with E-state index < -0.39 is 0 Å². The molecule has 1 aromatic carbocycles. The summed E-state index contributed by atoms with van der Waals surface area (Å²) in [4.78, 5) is 28.7. The normalized spacial score (nSPS) is 14.1. The third kappa shape index (κ3) is 5.69. The molecule has 35 heavy (non-hydrogen) atoms. The second-order valence-corrected chi connectivity index (χ2v) is 8.81. The number of aromatic nitrogens is 3. The SMILES string of the molecule is CCN(CC)c1cccc(C(=O)N2CCN(Cc3cnc(C)n3Cc3ccc(C#N)cc3)CC2)n1. The van der Waals surface area contributed by atoms with Gasteiger partial charge in [0.1, 0.15) is 17.3 Å². The lowest BCUT2D eigenvalue weighted by Crippen LogP contribution is -2.48. The number of carbonyl (C=O) groups excluding carboxylic acids is 1. The van der Waals surface area contributed by atoms with Gasteiger partial charge in [0.25, 0.3) is 5.91 Å². The number of hydrogen-bond acceptors (Lipinski definition) is 6. The molecule has 0 bridgehead atoms. The van der Waals surface area contributed by atoms with Gasteiger partial charge in [0.2, 0.25) is 0 Å². The fourth-order valence-corrected chi connectivity index (χ4v) is 4.49. The van der Waals surface area contributed by atoms with Crippen LogP contribution in [0.25, 0.3) is 0 Å². The maximum Gasteiger partial charge on any atom is 0.272 e. The van der Waals surface area contributed by atoms with E-state index in [0.29, 0.717) is 24.3 Å². The van der Waals surface area contributed by atoms with Gasteiger partial charge in [-0.3, -0.25) is 9.69 Å². The van der Waals surface area contributed by atoms with E-state index in [1.807, 2.05) is 60.5 Å². The zero-order valence-corrected chi connectivity index (χ0v) is 20.8. The first kappa shape index (κ1) is 24.4. The highest BCUT2D eigenvalue weighted by molar-refractivity contribution is 5.92. The number of benzene rings is 1. The summed E-state index contributed by atoms with van der Waals surface area (Å²) in [5, 5.41) is 9.03. The smallest absolute Gasteiger partial charge is 0.272 e. The molecule has 0 spiro atoms. The van der Waals surface area contributed by atoms with Gasteiger partial charge in [-0.25, -0.2) is 9.97 Å². The van der Waals surface area contributed by atoms with E-state index in [-0.39, 0.29) is 5.91 Å². The maximum atomic E-state index is 13.1. The molecule has 1 saturated heterocycles. The highest BCUT2D eigenvalue weighted by Crippen LogP contribution is 2.16. The van der Waals surface area contributed by atoms with Crippen LogP contribution in [0, 0.1) is 18.3 Å². The van der Waals surface area contributed by atoms with Crippen LogP contribution in [0.3, 0.4) is 0 Å². The number of nitrogens with zero attached hydrogens (tertiary/aromatic N) is 7. The molecule has 1 aliphatic heterocycles. The molecular weight excluding hydrogens is 438 g/mol. The van der Waals surface area contributed by atoms with E-state index >= 15 is 0 Å². The van der Waals surface area contributed by atoms with Crippen LogP contribution in [0.15, 0.2) is 48.7 Å². The molecule has 1 fully saturated rings. The van der Waals surface area contributed by atoms with Gasteiger partial charge in [-0.05, 0) is 50.6 Å². The quantitative estimate of drug-likeness (QED) is 0.501. The summed E-state index contributed by atoms with van der Waals surface area (Å²) in [6, 6.07) is 15.6. The molecule has 1 aliphatic rings. The minimum absolute atomic E-state index is 0.000332. The lowest BCUT2D eigenvalue weighted by molar-refractivity contribution is 0.0620. The van der Waals surface area contributed by atoms with Crippen molar-refractivity contribution in [1.82, 2.24) is 24.3 Å². The first-order valence-corrected chi connectivity index (χ1v) is 12.3. The molecule has 0 unspecified atom stereocenters. The van der Waals surface area contributed by atoms with Crippen LogP contribution in [0.5, 0.6) is 0 Å². The highest BCUT2D eigenvalue weighted by atomic mass is 16.2. The largest absolute Gasteiger partial charge is 0.357 e. The third-order valence-corrected chi connectivity index (χ3v) is 6.65. The van der Waals surface area contributed by atoms with Crippen LogP contribution in [-0.2, 0) is 13.1 Å². The van der Waals surface area contributed by atoms with E-state index in [2.05, 4.69) is 44.3 Å². The summed E-state index contributed by atoms with van der Waals surface area (Å²) in [5.41, 5.74) is 3.47. The van der Waals surface area contributed by atoms with E-state index in [9.17, 15) is 4.79 Å². The van der Waals surface area contributed by atoms with Crippen LogP contribution < -0.4 is 4.90 Å². The first-order valence-electron chi connectivity index (χ1n) is 12.3. The van der Waals surface area contributed by atoms with Crippen molar-refractivity contribution in [3.8, 4) is 6.07 Å². The maximum absolute atomic E-state index is 13.1. The van der Waals surface area contributed by atoms with Crippen molar-refractivity contribution in [2.24, 2.45) is 0 Å². The Kier molecular flexibility index (Phi) is 7.78. The number of pyridine rings is 1. The lowest BCUT2D eigenvalue weighted by atomic mass is 10.1. The number of hydrogen-bond donors (Lipinski definition) is 0. The molecule has 2 aromatic heterocycles. The highest BCUT2D eigenvalue weighted by Gasteiger charge is 2.24. The second kappa shape index (κ2) is 11.2. The number of piperazine rings is 1. The predicted molar refractivity (Wildman–Crippen MR) is 136 cm³/mol. The Morgan fingerprint density at radius 3 is 2.40 bits per heavy atom. The molecule has 3 aromatic rings. The van der Waals surface area contributed by atoms with Crippen LogP contribution in [0.2, 0.25) is 0 Å². The van der Waals surface area contributed by atoms with Crippen molar-refractivity contribution >= 4 is 11.7 Å². The number of nitriles is 1. The summed E-state index contributed by atoms with van der Waals surface area (Å²) in [7, 11) is 0. The summed E-state index contributed by atoms with van der Waals surface area (Å²) in [5.74, 6) is 1.82. The Bertz CT molecular complexity index is 1180. The minimum atomic E-state index is 0.000332. The number of carbonyl (C=O) groups is 1. The molecule has 0 saturated carbocycles. The van der Waals surface area contributed by atoms with E-state index in [4.69, 9.17) is 5.26 Å². The monoisotopic (exact) mass is 471 g/mol. The molecule has 0 radical (unpaired) electrons. The number of aryl methyl sites for hydroxylation is 1. The van der Waals surface area contributed by atoms with Gasteiger partial charge in [0, 0.05) is 58.6 Å². The molecule has 3 heterocycles. The number of anilines is 1. The zero-order chi connectivity index (χ0) is 24.8. The average Bonchev–Trinajstić information content (AvgIpc) is 3.24. The van der Waals surface area contributed by atoms with Crippen LogP contribution in [-0.4, -0.2) is 69.5 Å². The van der Waals surface area contributed by atoms with Crippen molar-refractivity contribution in [3.05, 3.63) is 77.0 Å². The van der Waals surface area contributed by atoms with Gasteiger partial charge >= 0.3 is 0 Å². The van der Waals surface area contributed by atoms with Crippen molar-refractivity contribution in [1.29, 1.82) is 5.26 Å². The Balaban J connectivity index is 1.36. The minimum Gasteiger partial charge on any atom is -0.357 e. The molecule has 0 N–H and O–H groups in total. The second-order valence-electron chi connectivity index (χ2n) is 8.81. The summed E-state index contributed by atoms with van der Waals surface area (Å²) in [6.45, 7) is 12.4.